The number of rotatable bonds is 74. The van der Waals surface area contributed by atoms with Gasteiger partial charge in [-0.1, -0.05) is 385 Å². The Bertz CT molecular complexity index is 1460. The number of carbonyl (C=O) groups is 2. The van der Waals surface area contributed by atoms with Gasteiger partial charge in [-0.25, -0.2) is 4.57 Å². The van der Waals surface area contributed by atoms with Crippen LogP contribution in [-0.2, 0) is 32.7 Å². The molecule has 0 saturated heterocycles. The average molecular weight is 1230 g/mol. The van der Waals surface area contributed by atoms with Gasteiger partial charge in [-0.15, -0.1) is 0 Å². The van der Waals surface area contributed by atoms with Crippen molar-refractivity contribution in [1.82, 2.24) is 0 Å². The van der Waals surface area contributed by atoms with E-state index in [1.165, 1.54) is 347 Å². The Morgan fingerprint density at radius 3 is 0.884 bits per heavy atom. The van der Waals surface area contributed by atoms with Crippen LogP contribution >= 0.6 is 7.82 Å². The van der Waals surface area contributed by atoms with E-state index < -0.39 is 26.5 Å². The highest BCUT2D eigenvalue weighted by Crippen LogP contribution is 2.43. The zero-order valence-corrected chi connectivity index (χ0v) is 58.5. The summed E-state index contributed by atoms with van der Waals surface area (Å²) >= 11 is 0. The van der Waals surface area contributed by atoms with Crippen molar-refractivity contribution in [1.29, 1.82) is 0 Å². The molecule has 0 saturated carbocycles. The largest absolute Gasteiger partial charge is 0.472 e. The van der Waals surface area contributed by atoms with Crippen LogP contribution in [-0.4, -0.2) is 49.3 Å². The van der Waals surface area contributed by atoms with E-state index in [9.17, 15) is 19.0 Å². The molecule has 10 heteroatoms. The Morgan fingerprint density at radius 1 is 0.349 bits per heavy atom. The molecule has 0 heterocycles. The number of hydrogen-bond acceptors (Lipinski definition) is 8. The van der Waals surface area contributed by atoms with Crippen LogP contribution in [0.3, 0.4) is 0 Å². The third-order valence-corrected chi connectivity index (χ3v) is 18.6. The highest BCUT2D eigenvalue weighted by molar-refractivity contribution is 7.47. The molecular weight excluding hydrogens is 1090 g/mol. The number of ether oxygens (including phenoxy) is 2. The van der Waals surface area contributed by atoms with Gasteiger partial charge in [0.25, 0.3) is 0 Å². The van der Waals surface area contributed by atoms with Gasteiger partial charge < -0.3 is 20.1 Å². The van der Waals surface area contributed by atoms with Crippen LogP contribution in [0.2, 0.25) is 0 Å². The molecule has 0 aliphatic carbocycles. The summed E-state index contributed by atoms with van der Waals surface area (Å²) in [6.07, 6.45) is 90.3. The van der Waals surface area contributed by atoms with Crippen molar-refractivity contribution in [3.63, 3.8) is 0 Å². The maximum atomic E-state index is 12.8. The second-order valence-electron chi connectivity index (χ2n) is 26.2. The number of esters is 2. The van der Waals surface area contributed by atoms with Gasteiger partial charge >= 0.3 is 19.8 Å². The summed E-state index contributed by atoms with van der Waals surface area (Å²) in [5.74, 6) is -0.798. The topological polar surface area (TPSA) is 134 Å². The lowest BCUT2D eigenvalue weighted by Crippen LogP contribution is -2.29. The zero-order valence-electron chi connectivity index (χ0n) is 57.6. The lowest BCUT2D eigenvalue weighted by atomic mass is 10.0. The second kappa shape index (κ2) is 72.6. The van der Waals surface area contributed by atoms with Crippen molar-refractivity contribution in [3.8, 4) is 0 Å². The normalized spacial score (nSPS) is 12.9. The SMILES string of the molecule is CCCCCCC/C=C\C/C=C\CCCCCCCCCCCCCCCCCCCCCCCCCCCC(=O)OC(COC(=O)CCCCCCCCCCCCCCCCCCCCCCCCCCCCCC)COP(=O)(O)OCCN. The number of hydrogen-bond donors (Lipinski definition) is 2. The minimum Gasteiger partial charge on any atom is -0.462 e. The van der Waals surface area contributed by atoms with Crippen molar-refractivity contribution in [2.75, 3.05) is 26.4 Å². The molecule has 0 aliphatic heterocycles. The first-order valence-corrected chi connectivity index (χ1v) is 39.8. The fraction of sp³-hybridized carbons (Fsp3) is 0.921. The predicted molar refractivity (Wildman–Crippen MR) is 372 cm³/mol. The molecule has 0 radical (unpaired) electrons. The van der Waals surface area contributed by atoms with Gasteiger partial charge in [0.2, 0.25) is 0 Å². The Morgan fingerprint density at radius 2 is 0.605 bits per heavy atom. The summed E-state index contributed by atoms with van der Waals surface area (Å²) in [5, 5.41) is 0. The Balaban J connectivity index is 3.75. The van der Waals surface area contributed by atoms with Gasteiger partial charge in [-0.05, 0) is 44.9 Å². The lowest BCUT2D eigenvalue weighted by Gasteiger charge is -2.19. The zero-order chi connectivity index (χ0) is 62.3. The quantitative estimate of drug-likeness (QED) is 0.0264. The molecule has 0 spiro atoms. The van der Waals surface area contributed by atoms with Crippen LogP contribution < -0.4 is 5.73 Å². The monoisotopic (exact) mass is 1230 g/mol. The highest BCUT2D eigenvalue weighted by Gasteiger charge is 2.26. The minimum absolute atomic E-state index is 0.0576. The summed E-state index contributed by atoms with van der Waals surface area (Å²) in [7, 11) is -4.39. The van der Waals surface area contributed by atoms with Crippen LogP contribution in [0, 0.1) is 0 Å². The van der Waals surface area contributed by atoms with Crippen molar-refractivity contribution in [3.05, 3.63) is 24.3 Å². The second-order valence-corrected chi connectivity index (χ2v) is 27.7. The van der Waals surface area contributed by atoms with E-state index in [0.29, 0.717) is 6.42 Å². The minimum atomic E-state index is -4.39. The molecule has 0 aliphatic rings. The van der Waals surface area contributed by atoms with Gasteiger partial charge in [0.05, 0.1) is 13.2 Å². The van der Waals surface area contributed by atoms with E-state index in [4.69, 9.17) is 24.3 Å². The maximum Gasteiger partial charge on any atom is 0.472 e. The van der Waals surface area contributed by atoms with Gasteiger partial charge in [-0.2, -0.15) is 0 Å². The molecule has 2 unspecified atom stereocenters. The third-order valence-electron chi connectivity index (χ3n) is 17.6. The molecule has 0 amide bonds. The number of nitrogens with two attached hydrogens (primary N) is 1. The molecule has 3 N–H and O–H groups in total. The summed E-state index contributed by atoms with van der Waals surface area (Å²) in [6, 6.07) is 0. The average Bonchev–Trinajstić information content (AvgIpc) is 3.55. The van der Waals surface area contributed by atoms with Crippen LogP contribution in [0.5, 0.6) is 0 Å². The van der Waals surface area contributed by atoms with E-state index in [0.717, 1.165) is 38.5 Å². The van der Waals surface area contributed by atoms with Crippen LogP contribution in [0.1, 0.15) is 418 Å². The third kappa shape index (κ3) is 71.6. The Labute approximate surface area is 535 Å². The molecule has 9 nitrogen and oxygen atoms in total. The maximum absolute atomic E-state index is 12.8. The molecule has 2 atom stereocenters. The van der Waals surface area contributed by atoms with E-state index in [1.54, 1.807) is 0 Å². The molecule has 0 bridgehead atoms. The number of allylic oxidation sites excluding steroid dienone is 4. The molecule has 0 aromatic rings. The molecule has 0 aromatic carbocycles. The van der Waals surface area contributed by atoms with E-state index >= 15 is 0 Å². The van der Waals surface area contributed by atoms with E-state index in [1.807, 2.05) is 0 Å². The summed E-state index contributed by atoms with van der Waals surface area (Å²) in [5.41, 5.74) is 5.41. The van der Waals surface area contributed by atoms with Gasteiger partial charge in [0.15, 0.2) is 6.10 Å². The first-order valence-electron chi connectivity index (χ1n) is 38.3. The summed E-state index contributed by atoms with van der Waals surface area (Å²) < 4.78 is 33.3. The van der Waals surface area contributed by atoms with Gasteiger partial charge in [0, 0.05) is 19.4 Å². The molecule has 510 valence electrons. The lowest BCUT2D eigenvalue weighted by molar-refractivity contribution is -0.161. The summed E-state index contributed by atoms with van der Waals surface area (Å²) in [4.78, 5) is 35.4. The first kappa shape index (κ1) is 84.5. The molecule has 0 fully saturated rings. The fourth-order valence-electron chi connectivity index (χ4n) is 11.9. The van der Waals surface area contributed by atoms with Gasteiger partial charge in [0.1, 0.15) is 6.61 Å². The van der Waals surface area contributed by atoms with Crippen molar-refractivity contribution in [2.45, 2.75) is 424 Å². The van der Waals surface area contributed by atoms with Crippen molar-refractivity contribution in [2.24, 2.45) is 5.73 Å². The van der Waals surface area contributed by atoms with E-state index in [2.05, 4.69) is 38.2 Å². The van der Waals surface area contributed by atoms with Crippen molar-refractivity contribution >= 4 is 19.8 Å². The fourth-order valence-corrected chi connectivity index (χ4v) is 12.7. The molecule has 86 heavy (non-hydrogen) atoms. The van der Waals surface area contributed by atoms with Crippen LogP contribution in [0.4, 0.5) is 0 Å². The standard InChI is InChI=1S/C76H148NO8P/c1-3-5-7-9-11-13-15-17-19-21-23-25-27-29-31-33-34-35-36-37-38-39-40-41-43-45-47-49-51-53-55-57-59-61-63-65-67-69-76(79)85-74(73-84-86(80,81)83-71-70-77)72-82-75(78)68-66-64-62-60-58-56-54-52-50-48-46-44-42-32-30-28-26-24-22-20-18-16-14-12-10-8-6-4-2/h15,17,21,23,74H,3-14,16,18-20,22,24-73,77H2,1-2H3,(H,80,81)/b17-15-,23-21-. The van der Waals surface area contributed by atoms with Crippen molar-refractivity contribution < 1.29 is 37.6 Å². The first-order chi connectivity index (χ1) is 42.3. The molecule has 0 aromatic heterocycles. The van der Waals surface area contributed by atoms with Crippen LogP contribution in [0.25, 0.3) is 0 Å². The molecular formula is C76H148NO8P. The Hall–Kier alpha value is -1.51. The Kier molecular flexibility index (Phi) is 71.3. The van der Waals surface area contributed by atoms with Crippen LogP contribution in [0.15, 0.2) is 24.3 Å². The number of phosphoric ester groups is 1. The molecule has 0 rings (SSSR count). The van der Waals surface area contributed by atoms with E-state index in [-0.39, 0.29) is 38.6 Å². The van der Waals surface area contributed by atoms with Gasteiger partial charge in [-0.3, -0.25) is 18.6 Å². The highest BCUT2D eigenvalue weighted by atomic mass is 31.2. The predicted octanol–water partition coefficient (Wildman–Crippen LogP) is 25.3. The number of carbonyl (C=O) groups excluding carboxylic acids is 2. The summed E-state index contributed by atoms with van der Waals surface area (Å²) in [6.45, 7) is 3.83. The number of unbranched alkanes of at least 4 members (excludes halogenated alkanes) is 57. The number of phosphoric acid groups is 1. The smallest absolute Gasteiger partial charge is 0.462 e.